The van der Waals surface area contributed by atoms with E-state index in [1.54, 1.807) is 33.8 Å². The maximum Gasteiger partial charge on any atom is 0.255 e. The van der Waals surface area contributed by atoms with Crippen molar-refractivity contribution in [1.29, 1.82) is 0 Å². The smallest absolute Gasteiger partial charge is 0.255 e. The molecule has 6 heteroatoms. The quantitative estimate of drug-likeness (QED) is 0.795. The first-order valence-electron chi connectivity index (χ1n) is 8.95. The summed E-state index contributed by atoms with van der Waals surface area (Å²) < 4.78 is 27.8. The molecule has 0 spiro atoms. The highest BCUT2D eigenvalue weighted by atomic mass is 32.2. The molecule has 0 aliphatic heterocycles. The lowest BCUT2D eigenvalue weighted by Crippen LogP contribution is -2.40. The summed E-state index contributed by atoms with van der Waals surface area (Å²) in [6, 6.07) is 12.2. The Kier molecular flexibility index (Phi) is 6.12. The number of nitrogens with one attached hydrogen (secondary N) is 2. The van der Waals surface area contributed by atoms with Crippen LogP contribution in [-0.4, -0.2) is 19.9 Å². The molecule has 0 aliphatic rings. The van der Waals surface area contributed by atoms with E-state index in [0.717, 1.165) is 11.3 Å². The predicted molar refractivity (Wildman–Crippen MR) is 110 cm³/mol. The van der Waals surface area contributed by atoms with Crippen molar-refractivity contribution < 1.29 is 13.2 Å². The Morgan fingerprint density at radius 3 is 2.26 bits per heavy atom. The fourth-order valence-corrected chi connectivity index (χ4v) is 4.22. The van der Waals surface area contributed by atoms with Gasteiger partial charge in [0.2, 0.25) is 10.0 Å². The molecular formula is C21H28N2O3S. The molecule has 0 atom stereocenters. The molecule has 2 N–H and O–H groups in total. The van der Waals surface area contributed by atoms with Crippen molar-refractivity contribution in [3.8, 4) is 0 Å². The van der Waals surface area contributed by atoms with Crippen molar-refractivity contribution in [3.05, 3.63) is 59.2 Å². The number of amides is 1. The van der Waals surface area contributed by atoms with Crippen LogP contribution in [0.3, 0.4) is 0 Å². The first kappa shape index (κ1) is 21.1. The standard InChI is InChI=1S/C21H28N2O3S/c1-14(2)17-9-7-8-10-19(17)22-20(24)18-13-16(12-11-15(18)3)27(25,26)23-21(4,5)6/h7-14,23H,1-6H3,(H,22,24). The summed E-state index contributed by atoms with van der Waals surface area (Å²) in [5, 5.41) is 2.92. The predicted octanol–water partition coefficient (Wildman–Crippen LogP) is 4.45. The van der Waals surface area contributed by atoms with Crippen LogP contribution in [0.15, 0.2) is 47.4 Å². The monoisotopic (exact) mass is 388 g/mol. The Morgan fingerprint density at radius 1 is 1.04 bits per heavy atom. The Balaban J connectivity index is 2.38. The first-order valence-corrected chi connectivity index (χ1v) is 10.4. The lowest BCUT2D eigenvalue weighted by atomic mass is 10.0. The van der Waals surface area contributed by atoms with Crippen LogP contribution < -0.4 is 10.0 Å². The van der Waals surface area contributed by atoms with E-state index in [1.807, 2.05) is 24.3 Å². The van der Waals surface area contributed by atoms with Gasteiger partial charge in [-0.1, -0.05) is 38.1 Å². The molecule has 146 valence electrons. The van der Waals surface area contributed by atoms with Gasteiger partial charge in [0.1, 0.15) is 0 Å². The van der Waals surface area contributed by atoms with Crippen LogP contribution in [-0.2, 0) is 10.0 Å². The van der Waals surface area contributed by atoms with Crippen molar-refractivity contribution in [3.63, 3.8) is 0 Å². The Hall–Kier alpha value is -2.18. The maximum absolute atomic E-state index is 12.8. The minimum Gasteiger partial charge on any atom is -0.322 e. The number of rotatable bonds is 5. The van der Waals surface area contributed by atoms with E-state index in [-0.39, 0.29) is 16.7 Å². The normalized spacial score (nSPS) is 12.3. The van der Waals surface area contributed by atoms with Crippen molar-refractivity contribution in [1.82, 2.24) is 4.72 Å². The molecule has 0 fully saturated rings. The summed E-state index contributed by atoms with van der Waals surface area (Å²) >= 11 is 0. The molecular weight excluding hydrogens is 360 g/mol. The third-order valence-electron chi connectivity index (χ3n) is 4.04. The molecule has 0 heterocycles. The minimum absolute atomic E-state index is 0.0744. The van der Waals surface area contributed by atoms with Gasteiger partial charge in [0.25, 0.3) is 5.91 Å². The van der Waals surface area contributed by atoms with Gasteiger partial charge in [0, 0.05) is 16.8 Å². The van der Waals surface area contributed by atoms with Crippen LogP contribution in [0.25, 0.3) is 0 Å². The molecule has 0 unspecified atom stereocenters. The fourth-order valence-electron chi connectivity index (χ4n) is 2.78. The Bertz CT molecular complexity index is 942. The van der Waals surface area contributed by atoms with Crippen LogP contribution in [0.2, 0.25) is 0 Å². The molecule has 0 radical (unpaired) electrons. The largest absolute Gasteiger partial charge is 0.322 e. The number of hydrogen-bond donors (Lipinski definition) is 2. The molecule has 5 nitrogen and oxygen atoms in total. The number of sulfonamides is 1. The van der Waals surface area contributed by atoms with E-state index in [4.69, 9.17) is 0 Å². The SMILES string of the molecule is Cc1ccc(S(=O)(=O)NC(C)(C)C)cc1C(=O)Nc1ccccc1C(C)C. The highest BCUT2D eigenvalue weighted by Crippen LogP contribution is 2.25. The third kappa shape index (κ3) is 5.40. The zero-order chi connectivity index (χ0) is 20.4. The van der Waals surface area contributed by atoms with Crippen LogP contribution in [0.4, 0.5) is 5.69 Å². The van der Waals surface area contributed by atoms with Gasteiger partial charge in [0.05, 0.1) is 4.90 Å². The van der Waals surface area contributed by atoms with E-state index < -0.39 is 15.6 Å². The summed E-state index contributed by atoms with van der Waals surface area (Å²) in [6.07, 6.45) is 0. The van der Waals surface area contributed by atoms with Gasteiger partial charge in [-0.2, -0.15) is 0 Å². The van der Waals surface area contributed by atoms with Crippen molar-refractivity contribution in [2.75, 3.05) is 5.32 Å². The number of anilines is 1. The highest BCUT2D eigenvalue weighted by Gasteiger charge is 2.23. The van der Waals surface area contributed by atoms with E-state index in [1.165, 1.54) is 12.1 Å². The molecule has 2 aromatic rings. The topological polar surface area (TPSA) is 75.3 Å². The number of aryl methyl sites for hydroxylation is 1. The Morgan fingerprint density at radius 2 is 1.67 bits per heavy atom. The van der Waals surface area contributed by atoms with E-state index in [9.17, 15) is 13.2 Å². The second kappa shape index (κ2) is 7.82. The van der Waals surface area contributed by atoms with Crippen LogP contribution >= 0.6 is 0 Å². The Labute approximate surface area is 162 Å². The molecule has 2 rings (SSSR count). The van der Waals surface area contributed by atoms with E-state index >= 15 is 0 Å². The van der Waals surface area contributed by atoms with Crippen molar-refractivity contribution in [2.24, 2.45) is 0 Å². The average Bonchev–Trinajstić information content (AvgIpc) is 2.53. The van der Waals surface area contributed by atoms with Crippen molar-refractivity contribution >= 4 is 21.6 Å². The molecule has 1 amide bonds. The molecule has 27 heavy (non-hydrogen) atoms. The molecule has 2 aromatic carbocycles. The minimum atomic E-state index is -3.72. The van der Waals surface area contributed by atoms with Crippen LogP contribution in [0, 0.1) is 6.92 Å². The average molecular weight is 389 g/mol. The summed E-state index contributed by atoms with van der Waals surface area (Å²) in [7, 11) is -3.72. The van der Waals surface area contributed by atoms with Crippen LogP contribution in [0.5, 0.6) is 0 Å². The molecule has 0 saturated heterocycles. The number of hydrogen-bond acceptors (Lipinski definition) is 3. The number of benzene rings is 2. The number of para-hydroxylation sites is 1. The highest BCUT2D eigenvalue weighted by molar-refractivity contribution is 7.89. The van der Waals surface area contributed by atoms with Gasteiger partial charge in [-0.05, 0) is 62.9 Å². The number of carbonyl (C=O) groups is 1. The second-order valence-electron chi connectivity index (χ2n) is 8.03. The van der Waals surface area contributed by atoms with Gasteiger partial charge < -0.3 is 5.32 Å². The molecule has 0 bridgehead atoms. The van der Waals surface area contributed by atoms with Gasteiger partial charge in [0.15, 0.2) is 0 Å². The third-order valence-corrected chi connectivity index (χ3v) is 5.79. The van der Waals surface area contributed by atoms with E-state index in [2.05, 4.69) is 23.9 Å². The van der Waals surface area contributed by atoms with E-state index in [0.29, 0.717) is 11.1 Å². The first-order chi connectivity index (χ1) is 12.4. The number of carbonyl (C=O) groups excluding carboxylic acids is 1. The zero-order valence-corrected chi connectivity index (χ0v) is 17.6. The second-order valence-corrected chi connectivity index (χ2v) is 9.71. The summed E-state index contributed by atoms with van der Waals surface area (Å²) in [4.78, 5) is 12.9. The van der Waals surface area contributed by atoms with Gasteiger partial charge in [-0.25, -0.2) is 13.1 Å². The molecule has 0 aromatic heterocycles. The summed E-state index contributed by atoms with van der Waals surface area (Å²) in [6.45, 7) is 11.2. The van der Waals surface area contributed by atoms with Gasteiger partial charge in [-0.15, -0.1) is 0 Å². The molecule has 0 saturated carbocycles. The zero-order valence-electron chi connectivity index (χ0n) is 16.8. The van der Waals surface area contributed by atoms with Crippen molar-refractivity contribution in [2.45, 2.75) is 57.9 Å². The lowest BCUT2D eigenvalue weighted by Gasteiger charge is -2.21. The molecule has 0 aliphatic carbocycles. The van der Waals surface area contributed by atoms with Crippen LogP contribution in [0.1, 0.15) is 62.0 Å². The fraction of sp³-hybridized carbons (Fsp3) is 0.381. The van der Waals surface area contributed by atoms with Gasteiger partial charge >= 0.3 is 0 Å². The maximum atomic E-state index is 12.8. The van der Waals surface area contributed by atoms with Gasteiger partial charge in [-0.3, -0.25) is 4.79 Å². The summed E-state index contributed by atoms with van der Waals surface area (Å²) in [5.74, 6) is -0.0706. The lowest BCUT2D eigenvalue weighted by molar-refractivity contribution is 0.102. The summed E-state index contributed by atoms with van der Waals surface area (Å²) in [5.41, 5.74) is 2.21.